The molecule has 0 aliphatic carbocycles. The Balaban J connectivity index is 1.69. The van der Waals surface area contributed by atoms with E-state index in [0.29, 0.717) is 6.54 Å². The monoisotopic (exact) mass is 302 g/mol. The molecule has 5 nitrogen and oxygen atoms in total. The summed E-state index contributed by atoms with van der Waals surface area (Å²) in [5, 5.41) is 0. The molecule has 116 valence electrons. The Labute approximate surface area is 128 Å². The van der Waals surface area contributed by atoms with Crippen molar-refractivity contribution in [3.05, 3.63) is 47.6 Å². The Hall–Kier alpha value is -1.79. The smallest absolute Gasteiger partial charge is 0.141 e. The molecule has 2 aromatic heterocycles. The van der Waals surface area contributed by atoms with Crippen LogP contribution in [0.5, 0.6) is 0 Å². The van der Waals surface area contributed by atoms with E-state index in [0.717, 1.165) is 50.3 Å². The zero-order chi connectivity index (χ0) is 15.0. The number of pyridine rings is 1. The fourth-order valence-corrected chi connectivity index (χ4v) is 3.78. The third kappa shape index (κ3) is 2.23. The Morgan fingerprint density at radius 1 is 1.32 bits per heavy atom. The van der Waals surface area contributed by atoms with Gasteiger partial charge in [0.25, 0.3) is 0 Å². The first-order valence-corrected chi connectivity index (χ1v) is 7.73. The van der Waals surface area contributed by atoms with Crippen molar-refractivity contribution in [1.82, 2.24) is 19.9 Å². The molecule has 4 heterocycles. The molecule has 0 bridgehead atoms. The van der Waals surface area contributed by atoms with Crippen LogP contribution in [-0.4, -0.2) is 39.6 Å². The highest BCUT2D eigenvalue weighted by molar-refractivity contribution is 5.27. The number of rotatable bonds is 2. The third-order valence-electron chi connectivity index (χ3n) is 4.85. The first kappa shape index (κ1) is 13.8. The number of aromatic nitrogens is 3. The number of hydrogen-bond donors (Lipinski definition) is 1. The highest BCUT2D eigenvalue weighted by atomic mass is 19.1. The van der Waals surface area contributed by atoms with E-state index in [9.17, 15) is 4.39 Å². The molecule has 6 heteroatoms. The molecule has 0 amide bonds. The van der Waals surface area contributed by atoms with E-state index < -0.39 is 0 Å². The minimum atomic E-state index is -0.281. The van der Waals surface area contributed by atoms with Crippen molar-refractivity contribution >= 4 is 0 Å². The molecule has 2 aliphatic rings. The molecule has 1 fully saturated rings. The summed E-state index contributed by atoms with van der Waals surface area (Å²) < 4.78 is 19.0. The Bertz CT molecular complexity index is 666. The number of H-pyrrole nitrogens is 1. The summed E-state index contributed by atoms with van der Waals surface area (Å²) in [5.41, 5.74) is 3.19. The van der Waals surface area contributed by atoms with Crippen LogP contribution >= 0.6 is 0 Å². The number of imidazole rings is 1. The fraction of sp³-hybridized carbons (Fsp3) is 0.500. The summed E-state index contributed by atoms with van der Waals surface area (Å²) in [7, 11) is 0. The average molecular weight is 302 g/mol. The van der Waals surface area contributed by atoms with Gasteiger partial charge >= 0.3 is 0 Å². The average Bonchev–Trinajstić information content (AvgIpc) is 3.01. The van der Waals surface area contributed by atoms with Crippen LogP contribution in [-0.2, 0) is 23.2 Å². The van der Waals surface area contributed by atoms with Crippen LogP contribution in [0.4, 0.5) is 4.39 Å². The number of fused-ring (bicyclic) bond motifs is 2. The lowest BCUT2D eigenvalue weighted by molar-refractivity contribution is -0.0451. The quantitative estimate of drug-likeness (QED) is 0.922. The Kier molecular flexibility index (Phi) is 3.43. The minimum Gasteiger partial charge on any atom is -0.381 e. The predicted molar refractivity (Wildman–Crippen MR) is 78.6 cm³/mol. The van der Waals surface area contributed by atoms with Crippen LogP contribution in [0.2, 0.25) is 0 Å². The summed E-state index contributed by atoms with van der Waals surface area (Å²) in [6, 6.07) is 1.57. The van der Waals surface area contributed by atoms with Crippen LogP contribution in [0.25, 0.3) is 0 Å². The number of halogens is 1. The largest absolute Gasteiger partial charge is 0.381 e. The Morgan fingerprint density at radius 3 is 3.00 bits per heavy atom. The highest BCUT2D eigenvalue weighted by Gasteiger charge is 2.45. The maximum absolute atomic E-state index is 13.4. The molecule has 2 aromatic rings. The van der Waals surface area contributed by atoms with Gasteiger partial charge in [-0.3, -0.25) is 9.88 Å². The molecule has 0 saturated carbocycles. The molecule has 1 spiro atoms. The Morgan fingerprint density at radius 2 is 2.18 bits per heavy atom. The van der Waals surface area contributed by atoms with Gasteiger partial charge in [0.1, 0.15) is 5.82 Å². The number of ether oxygens (including phenoxy) is 1. The van der Waals surface area contributed by atoms with E-state index in [2.05, 4.69) is 19.9 Å². The molecule has 0 aromatic carbocycles. The summed E-state index contributed by atoms with van der Waals surface area (Å²) in [5.74, 6) is -0.281. The van der Waals surface area contributed by atoms with Gasteiger partial charge in [0, 0.05) is 44.6 Å². The van der Waals surface area contributed by atoms with Crippen molar-refractivity contribution in [3.63, 3.8) is 0 Å². The first-order valence-electron chi connectivity index (χ1n) is 7.73. The second-order valence-corrected chi connectivity index (χ2v) is 6.06. The molecule has 0 radical (unpaired) electrons. The van der Waals surface area contributed by atoms with Crippen molar-refractivity contribution in [2.24, 2.45) is 0 Å². The zero-order valence-electron chi connectivity index (χ0n) is 12.4. The molecule has 0 atom stereocenters. The van der Waals surface area contributed by atoms with Gasteiger partial charge in [-0.05, 0) is 24.5 Å². The molecular formula is C16H19FN4O. The number of hydrogen-bond acceptors (Lipinski definition) is 4. The molecule has 4 rings (SSSR count). The number of aromatic amines is 1. The molecular weight excluding hydrogens is 283 g/mol. The van der Waals surface area contributed by atoms with Crippen molar-refractivity contribution in [2.45, 2.75) is 31.3 Å². The second-order valence-electron chi connectivity index (χ2n) is 6.06. The summed E-state index contributed by atoms with van der Waals surface area (Å²) in [6.45, 7) is 3.11. The van der Waals surface area contributed by atoms with Crippen molar-refractivity contribution in [1.29, 1.82) is 0 Å². The van der Waals surface area contributed by atoms with Gasteiger partial charge in [0.05, 0.1) is 23.8 Å². The maximum atomic E-state index is 13.4. The van der Waals surface area contributed by atoms with Gasteiger partial charge in [-0.2, -0.15) is 0 Å². The van der Waals surface area contributed by atoms with Crippen molar-refractivity contribution in [2.75, 3.05) is 19.8 Å². The van der Waals surface area contributed by atoms with Gasteiger partial charge < -0.3 is 9.72 Å². The van der Waals surface area contributed by atoms with E-state index in [4.69, 9.17) is 4.74 Å². The lowest BCUT2D eigenvalue weighted by atomic mass is 9.80. The minimum absolute atomic E-state index is 0.0991. The van der Waals surface area contributed by atoms with Gasteiger partial charge in [-0.1, -0.05) is 0 Å². The molecule has 22 heavy (non-hydrogen) atoms. The first-order chi connectivity index (χ1) is 10.8. The van der Waals surface area contributed by atoms with Crippen LogP contribution in [0.15, 0.2) is 24.8 Å². The topological polar surface area (TPSA) is 54.0 Å². The normalized spacial score (nSPS) is 21.0. The molecule has 0 unspecified atom stereocenters. The lowest BCUT2D eigenvalue weighted by Crippen LogP contribution is -2.53. The highest BCUT2D eigenvalue weighted by Crippen LogP contribution is 2.42. The van der Waals surface area contributed by atoms with Gasteiger partial charge in [0.15, 0.2) is 0 Å². The molecule has 1 N–H and O–H groups in total. The third-order valence-corrected chi connectivity index (χ3v) is 4.85. The van der Waals surface area contributed by atoms with Gasteiger partial charge in [-0.15, -0.1) is 0 Å². The SMILES string of the molecule is Fc1cncc(CN2CCc3[nH]cnc3C23CCOCC3)c1. The summed E-state index contributed by atoms with van der Waals surface area (Å²) in [4.78, 5) is 14.3. The maximum Gasteiger partial charge on any atom is 0.141 e. The van der Waals surface area contributed by atoms with Crippen LogP contribution < -0.4 is 0 Å². The lowest BCUT2D eigenvalue weighted by Gasteiger charge is -2.48. The molecule has 2 aliphatic heterocycles. The predicted octanol–water partition coefficient (Wildman–Crippen LogP) is 2.01. The summed E-state index contributed by atoms with van der Waals surface area (Å²) in [6.07, 6.45) is 7.57. The van der Waals surface area contributed by atoms with Crippen LogP contribution in [0.1, 0.15) is 29.8 Å². The van der Waals surface area contributed by atoms with E-state index in [1.54, 1.807) is 18.6 Å². The van der Waals surface area contributed by atoms with Crippen molar-refractivity contribution in [3.8, 4) is 0 Å². The zero-order valence-corrected chi connectivity index (χ0v) is 12.4. The number of nitrogens with one attached hydrogen (secondary N) is 1. The second kappa shape index (κ2) is 5.44. The van der Waals surface area contributed by atoms with Crippen molar-refractivity contribution < 1.29 is 9.13 Å². The summed E-state index contributed by atoms with van der Waals surface area (Å²) >= 11 is 0. The van der Waals surface area contributed by atoms with Crippen LogP contribution in [0, 0.1) is 5.82 Å². The van der Waals surface area contributed by atoms with E-state index >= 15 is 0 Å². The standard InChI is InChI=1S/C16H19FN4O/c17-13-7-12(8-18-9-13)10-21-4-1-14-15(20-11-19-14)16(21)2-5-22-6-3-16/h7-9,11H,1-6,10H2,(H,19,20). The van der Waals surface area contributed by atoms with Crippen LogP contribution in [0.3, 0.4) is 0 Å². The van der Waals surface area contributed by atoms with E-state index in [1.165, 1.54) is 11.9 Å². The van der Waals surface area contributed by atoms with Gasteiger partial charge in [-0.25, -0.2) is 9.37 Å². The fourth-order valence-electron chi connectivity index (χ4n) is 3.78. The van der Waals surface area contributed by atoms with E-state index in [-0.39, 0.29) is 11.4 Å². The van der Waals surface area contributed by atoms with E-state index in [1.807, 2.05) is 0 Å². The molecule has 1 saturated heterocycles. The number of nitrogens with zero attached hydrogens (tertiary/aromatic N) is 3. The van der Waals surface area contributed by atoms with Gasteiger partial charge in [0.2, 0.25) is 0 Å².